The van der Waals surface area contributed by atoms with E-state index in [1.807, 2.05) is 42.6 Å². The Balaban J connectivity index is 1.44. The zero-order valence-electron chi connectivity index (χ0n) is 15.6. The van der Waals surface area contributed by atoms with E-state index < -0.39 is 0 Å². The zero-order valence-corrected chi connectivity index (χ0v) is 17.1. The highest BCUT2D eigenvalue weighted by Crippen LogP contribution is 2.30. The van der Waals surface area contributed by atoms with Gasteiger partial charge in [-0.2, -0.15) is 0 Å². The summed E-state index contributed by atoms with van der Waals surface area (Å²) in [6.07, 6.45) is 1.63. The van der Waals surface area contributed by atoms with Crippen LogP contribution in [0.3, 0.4) is 0 Å². The number of thiazole rings is 1. The lowest BCUT2D eigenvalue weighted by atomic mass is 10.1. The average molecular weight is 425 g/mol. The number of aryl methyl sites for hydroxylation is 2. The van der Waals surface area contributed by atoms with Crippen molar-refractivity contribution in [2.45, 2.75) is 19.9 Å². The van der Waals surface area contributed by atoms with E-state index in [9.17, 15) is 9.59 Å². The van der Waals surface area contributed by atoms with Crippen molar-refractivity contribution in [2.75, 3.05) is 5.32 Å². The fourth-order valence-corrected chi connectivity index (χ4v) is 3.98. The maximum Gasteiger partial charge on any atom is 0.261 e. The number of nitrogens with zero attached hydrogens (tertiary/aromatic N) is 3. The molecule has 146 valence electrons. The van der Waals surface area contributed by atoms with Gasteiger partial charge in [-0.3, -0.25) is 14.2 Å². The van der Waals surface area contributed by atoms with Crippen LogP contribution >= 0.6 is 22.9 Å². The molecule has 0 aliphatic heterocycles. The van der Waals surface area contributed by atoms with E-state index in [-0.39, 0.29) is 24.4 Å². The molecule has 1 amide bonds. The molecule has 4 aromatic rings. The minimum absolute atomic E-state index is 0.139. The molecular weight excluding hydrogens is 408 g/mol. The predicted octanol–water partition coefficient (Wildman–Crippen LogP) is 4.51. The second-order valence-corrected chi connectivity index (χ2v) is 7.80. The average Bonchev–Trinajstić information content (AvgIpc) is 3.16. The van der Waals surface area contributed by atoms with E-state index in [4.69, 9.17) is 11.6 Å². The van der Waals surface area contributed by atoms with Crippen molar-refractivity contribution < 1.29 is 4.79 Å². The molecule has 0 saturated heterocycles. The number of fused-ring (bicyclic) bond motifs is 1. The number of para-hydroxylation sites is 1. The summed E-state index contributed by atoms with van der Waals surface area (Å²) in [6.45, 7) is 2.15. The second kappa shape index (κ2) is 8.14. The van der Waals surface area contributed by atoms with Gasteiger partial charge in [0.2, 0.25) is 5.91 Å². The van der Waals surface area contributed by atoms with Crippen LogP contribution in [0.1, 0.15) is 12.0 Å². The molecule has 0 unspecified atom stereocenters. The summed E-state index contributed by atoms with van der Waals surface area (Å²) in [4.78, 5) is 33.7. The number of halogens is 1. The lowest BCUT2D eigenvalue weighted by Crippen LogP contribution is -2.23. The molecule has 0 bridgehead atoms. The molecule has 1 N–H and O–H groups in total. The molecule has 6 nitrogen and oxygen atoms in total. The quantitative estimate of drug-likeness (QED) is 0.511. The van der Waals surface area contributed by atoms with Crippen molar-refractivity contribution in [3.8, 4) is 11.3 Å². The van der Waals surface area contributed by atoms with Gasteiger partial charge < -0.3 is 5.32 Å². The van der Waals surface area contributed by atoms with Crippen molar-refractivity contribution in [3.63, 3.8) is 0 Å². The number of carbonyl (C=O) groups excluding carboxylic acids is 1. The molecule has 0 saturated carbocycles. The van der Waals surface area contributed by atoms with Crippen LogP contribution in [0.25, 0.3) is 22.2 Å². The maximum atomic E-state index is 12.6. The molecule has 2 aromatic carbocycles. The highest BCUT2D eigenvalue weighted by molar-refractivity contribution is 7.14. The van der Waals surface area contributed by atoms with E-state index in [0.29, 0.717) is 26.8 Å². The van der Waals surface area contributed by atoms with Gasteiger partial charge in [0.15, 0.2) is 5.13 Å². The summed E-state index contributed by atoms with van der Waals surface area (Å²) >= 11 is 7.52. The van der Waals surface area contributed by atoms with Gasteiger partial charge in [-0.25, -0.2) is 9.97 Å². The highest BCUT2D eigenvalue weighted by Gasteiger charge is 2.11. The Labute approximate surface area is 175 Å². The van der Waals surface area contributed by atoms with Crippen LogP contribution in [0.5, 0.6) is 0 Å². The van der Waals surface area contributed by atoms with Crippen LogP contribution in [-0.4, -0.2) is 20.4 Å². The zero-order chi connectivity index (χ0) is 20.4. The third-order valence-corrected chi connectivity index (χ3v) is 5.62. The van der Waals surface area contributed by atoms with E-state index in [0.717, 1.165) is 11.1 Å². The SMILES string of the molecule is Cc1cccc2c(=O)n(CCC(=O)Nc3nc(-c4ccccc4Cl)cs3)cnc12. The molecule has 2 heterocycles. The number of anilines is 1. The Bertz CT molecular complexity index is 1270. The fraction of sp³-hybridized carbons (Fsp3) is 0.143. The van der Waals surface area contributed by atoms with Gasteiger partial charge in [0.05, 0.1) is 22.9 Å². The van der Waals surface area contributed by atoms with Crippen LogP contribution in [0.15, 0.2) is 59.0 Å². The number of nitrogens with one attached hydrogen (secondary N) is 1. The summed E-state index contributed by atoms with van der Waals surface area (Å²) in [7, 11) is 0. The Morgan fingerprint density at radius 1 is 1.21 bits per heavy atom. The molecule has 0 aliphatic carbocycles. The van der Waals surface area contributed by atoms with Crippen LogP contribution in [0, 0.1) is 6.92 Å². The molecule has 0 radical (unpaired) electrons. The van der Waals surface area contributed by atoms with Crippen molar-refractivity contribution in [1.29, 1.82) is 0 Å². The van der Waals surface area contributed by atoms with Gasteiger partial charge in [-0.1, -0.05) is 41.9 Å². The first-order chi connectivity index (χ1) is 14.0. The summed E-state index contributed by atoms with van der Waals surface area (Å²) in [5, 5.41) is 6.27. The minimum atomic E-state index is -0.221. The summed E-state index contributed by atoms with van der Waals surface area (Å²) in [5.74, 6) is -0.221. The molecule has 2 aromatic heterocycles. The maximum absolute atomic E-state index is 12.6. The van der Waals surface area contributed by atoms with Gasteiger partial charge in [0.25, 0.3) is 5.56 Å². The lowest BCUT2D eigenvalue weighted by molar-refractivity contribution is -0.116. The molecule has 8 heteroatoms. The number of amides is 1. The smallest absolute Gasteiger partial charge is 0.261 e. The van der Waals surface area contributed by atoms with E-state index in [1.165, 1.54) is 22.2 Å². The third kappa shape index (κ3) is 4.06. The van der Waals surface area contributed by atoms with Crippen LogP contribution in [0.4, 0.5) is 5.13 Å². The minimum Gasteiger partial charge on any atom is -0.302 e. The topological polar surface area (TPSA) is 76.9 Å². The Morgan fingerprint density at radius 2 is 2.03 bits per heavy atom. The molecule has 0 aliphatic rings. The van der Waals surface area contributed by atoms with Crippen molar-refractivity contribution in [2.24, 2.45) is 0 Å². The van der Waals surface area contributed by atoms with Crippen LogP contribution < -0.4 is 10.9 Å². The first-order valence-corrected chi connectivity index (χ1v) is 10.2. The molecular formula is C21H17ClN4O2S. The number of hydrogen-bond acceptors (Lipinski definition) is 5. The summed E-state index contributed by atoms with van der Waals surface area (Å²) in [5.41, 5.74) is 3.01. The van der Waals surface area contributed by atoms with E-state index >= 15 is 0 Å². The van der Waals surface area contributed by atoms with E-state index in [2.05, 4.69) is 15.3 Å². The first kappa shape index (κ1) is 19.3. The summed E-state index contributed by atoms with van der Waals surface area (Å²) < 4.78 is 1.46. The summed E-state index contributed by atoms with van der Waals surface area (Å²) in [6, 6.07) is 12.9. The number of hydrogen-bond donors (Lipinski definition) is 1. The molecule has 29 heavy (non-hydrogen) atoms. The fourth-order valence-electron chi connectivity index (χ4n) is 3.02. The third-order valence-electron chi connectivity index (χ3n) is 4.54. The van der Waals surface area contributed by atoms with Gasteiger partial charge >= 0.3 is 0 Å². The Kier molecular flexibility index (Phi) is 5.42. The molecule has 0 spiro atoms. The second-order valence-electron chi connectivity index (χ2n) is 6.53. The lowest BCUT2D eigenvalue weighted by Gasteiger charge is -2.07. The predicted molar refractivity (Wildman–Crippen MR) is 117 cm³/mol. The largest absolute Gasteiger partial charge is 0.302 e. The normalized spacial score (nSPS) is 11.0. The standard InChI is InChI=1S/C21H17ClN4O2S/c1-13-5-4-7-15-19(13)23-12-26(20(15)28)10-9-18(27)25-21-24-17(11-29-21)14-6-2-3-8-16(14)22/h2-8,11-12H,9-10H2,1H3,(H,24,25,27). The molecule has 0 fully saturated rings. The number of rotatable bonds is 5. The Morgan fingerprint density at radius 3 is 2.86 bits per heavy atom. The van der Waals surface area contributed by atoms with Gasteiger partial charge in [0, 0.05) is 28.9 Å². The number of benzene rings is 2. The highest BCUT2D eigenvalue weighted by atomic mass is 35.5. The van der Waals surface area contributed by atoms with Crippen molar-refractivity contribution >= 4 is 44.9 Å². The van der Waals surface area contributed by atoms with Gasteiger partial charge in [0.1, 0.15) is 0 Å². The van der Waals surface area contributed by atoms with Gasteiger partial charge in [-0.05, 0) is 24.6 Å². The number of aromatic nitrogens is 3. The first-order valence-electron chi connectivity index (χ1n) is 8.98. The van der Waals surface area contributed by atoms with Crippen LogP contribution in [-0.2, 0) is 11.3 Å². The molecule has 0 atom stereocenters. The van der Waals surface area contributed by atoms with Crippen molar-refractivity contribution in [1.82, 2.24) is 14.5 Å². The van der Waals surface area contributed by atoms with Gasteiger partial charge in [-0.15, -0.1) is 11.3 Å². The monoisotopic (exact) mass is 424 g/mol. The molecule has 4 rings (SSSR count). The number of carbonyl (C=O) groups is 1. The van der Waals surface area contributed by atoms with E-state index in [1.54, 1.807) is 12.1 Å². The Hall–Kier alpha value is -3.03. The van der Waals surface area contributed by atoms with Crippen molar-refractivity contribution in [3.05, 3.63) is 75.1 Å². The van der Waals surface area contributed by atoms with Crippen LogP contribution in [0.2, 0.25) is 5.02 Å².